The number of halogens is 1. The molecule has 5 heteroatoms. The normalized spacial score (nSPS) is 12.1. The first-order valence-electron chi connectivity index (χ1n) is 4.61. The number of Topliss-reactive ketones (excluding diaryl/α,β-unsaturated/α-hetero) is 1. The van der Waals surface area contributed by atoms with Gasteiger partial charge in [-0.15, -0.1) is 0 Å². The van der Waals surface area contributed by atoms with Crippen molar-refractivity contribution in [2.75, 3.05) is 12.0 Å². The first-order chi connectivity index (χ1) is 7.70. The molecule has 1 N–H and O–H groups in total. The van der Waals surface area contributed by atoms with E-state index in [9.17, 15) is 9.59 Å². The summed E-state index contributed by atoms with van der Waals surface area (Å²) in [4.78, 5) is 25.4. The number of ketones is 1. The second-order valence-electron chi connectivity index (χ2n) is 2.98. The number of nitrogens with one attached hydrogen (secondary N) is 1. The second kappa shape index (κ2) is 6.59. The zero-order chi connectivity index (χ0) is 12.0. The van der Waals surface area contributed by atoms with E-state index < -0.39 is 12.0 Å². The molecule has 1 aromatic carbocycles. The fourth-order valence-corrected chi connectivity index (χ4v) is 2.36. The van der Waals surface area contributed by atoms with Gasteiger partial charge in [0.25, 0.3) is 0 Å². The number of alkyl halides is 1. The minimum atomic E-state index is -0.870. The summed E-state index contributed by atoms with van der Waals surface area (Å²) in [6, 6.07) is 7.86. The Kier molecular flexibility index (Phi) is 5.41. The van der Waals surface area contributed by atoms with Crippen LogP contribution in [-0.2, 0) is 9.53 Å². The molecule has 0 heterocycles. The van der Waals surface area contributed by atoms with E-state index in [0.717, 1.165) is 0 Å². The topological polar surface area (TPSA) is 55.4 Å². The number of carbonyl (C=O) groups is 2. The van der Waals surface area contributed by atoms with Crippen LogP contribution in [0.1, 0.15) is 10.4 Å². The standard InChI is InChI=1S/C11H13INO3/c1-12-13-9(11(15)16-2)10(14)8-6-4-3-5-7-8/h3-7,9,13H,1-2H3/q-1. The molecule has 88 valence electrons. The molecule has 0 fully saturated rings. The zero-order valence-electron chi connectivity index (χ0n) is 9.07. The average Bonchev–Trinajstić information content (AvgIpc) is 2.35. The molecule has 1 unspecified atom stereocenters. The molecule has 1 rings (SSSR count). The predicted octanol–water partition coefficient (Wildman–Crippen LogP) is -2.37. The van der Waals surface area contributed by atoms with Gasteiger partial charge in [0, 0.05) is 0 Å². The van der Waals surface area contributed by atoms with Crippen molar-refractivity contribution >= 4 is 11.8 Å². The Morgan fingerprint density at radius 2 is 1.94 bits per heavy atom. The van der Waals surface area contributed by atoms with Gasteiger partial charge in [-0.25, -0.2) is 0 Å². The summed E-state index contributed by atoms with van der Waals surface area (Å²) in [7, 11) is 1.28. The van der Waals surface area contributed by atoms with Gasteiger partial charge in [0.1, 0.15) is 0 Å². The van der Waals surface area contributed by atoms with E-state index in [4.69, 9.17) is 0 Å². The molecule has 0 spiro atoms. The number of benzene rings is 1. The van der Waals surface area contributed by atoms with E-state index >= 15 is 0 Å². The Morgan fingerprint density at radius 1 is 1.31 bits per heavy atom. The molecule has 0 aliphatic rings. The van der Waals surface area contributed by atoms with Crippen molar-refractivity contribution in [1.82, 2.24) is 3.53 Å². The number of esters is 1. The molecule has 16 heavy (non-hydrogen) atoms. The third-order valence-electron chi connectivity index (χ3n) is 1.98. The fourth-order valence-electron chi connectivity index (χ4n) is 1.20. The Labute approximate surface area is 105 Å². The van der Waals surface area contributed by atoms with E-state index in [2.05, 4.69) is 8.27 Å². The number of carbonyl (C=O) groups excluding carboxylic acids is 2. The van der Waals surface area contributed by atoms with Crippen LogP contribution < -0.4 is 25.0 Å². The average molecular weight is 334 g/mol. The molecule has 0 amide bonds. The third kappa shape index (κ3) is 3.28. The Balaban J connectivity index is 2.87. The number of hydrogen-bond acceptors (Lipinski definition) is 4. The summed E-state index contributed by atoms with van der Waals surface area (Å²) in [6.07, 6.45) is 0. The van der Waals surface area contributed by atoms with E-state index in [-0.39, 0.29) is 27.3 Å². The second-order valence-corrected chi connectivity index (χ2v) is 4.69. The first kappa shape index (κ1) is 13.1. The van der Waals surface area contributed by atoms with Gasteiger partial charge < -0.3 is 0 Å². The molecule has 0 saturated carbocycles. The van der Waals surface area contributed by atoms with Crippen LogP contribution in [0.25, 0.3) is 0 Å². The molecule has 0 radical (unpaired) electrons. The van der Waals surface area contributed by atoms with Gasteiger partial charge in [-0.2, -0.15) is 0 Å². The Hall–Kier alpha value is -0.950. The third-order valence-corrected chi connectivity index (χ3v) is 3.22. The summed E-state index contributed by atoms with van der Waals surface area (Å²) in [5.74, 6) is -0.774. The predicted molar refractivity (Wildman–Crippen MR) is 55.6 cm³/mol. The molecule has 0 aromatic heterocycles. The SMILES string of the molecule is COC(=O)C(N[I-]C)C(=O)c1ccccc1. The van der Waals surface area contributed by atoms with Crippen LogP contribution in [0.5, 0.6) is 0 Å². The van der Waals surface area contributed by atoms with E-state index in [1.807, 2.05) is 11.0 Å². The maximum absolute atomic E-state index is 12.0. The molecule has 0 bridgehead atoms. The number of methoxy groups -OCH3 is 1. The van der Waals surface area contributed by atoms with E-state index in [1.165, 1.54) is 7.11 Å². The van der Waals surface area contributed by atoms with Crippen LogP contribution in [0.4, 0.5) is 0 Å². The number of hydrogen-bond donors (Lipinski definition) is 1. The first-order valence-corrected chi connectivity index (χ1v) is 7.85. The number of rotatable bonds is 5. The van der Waals surface area contributed by atoms with Crippen LogP contribution in [0.2, 0.25) is 0 Å². The van der Waals surface area contributed by atoms with Crippen molar-refractivity contribution in [1.29, 1.82) is 0 Å². The van der Waals surface area contributed by atoms with Gasteiger partial charge in [0.15, 0.2) is 0 Å². The van der Waals surface area contributed by atoms with Gasteiger partial charge in [-0.05, 0) is 0 Å². The summed E-state index contributed by atoms with van der Waals surface area (Å²) < 4.78 is 7.52. The molecule has 0 aliphatic heterocycles. The molecule has 0 aliphatic carbocycles. The molecule has 0 saturated heterocycles. The van der Waals surface area contributed by atoms with Crippen molar-refractivity contribution < 1.29 is 35.8 Å². The zero-order valence-corrected chi connectivity index (χ0v) is 11.2. The van der Waals surface area contributed by atoms with Crippen molar-refractivity contribution in [2.45, 2.75) is 6.04 Å². The minimum absolute atomic E-state index is 0.242. The Morgan fingerprint density at radius 3 is 2.44 bits per heavy atom. The molecule has 1 atom stereocenters. The summed E-state index contributed by atoms with van der Waals surface area (Å²) in [6.45, 7) is 0. The van der Waals surface area contributed by atoms with Crippen molar-refractivity contribution in [2.24, 2.45) is 0 Å². The van der Waals surface area contributed by atoms with Crippen LogP contribution in [0, 0.1) is 0 Å². The van der Waals surface area contributed by atoms with E-state index in [1.54, 1.807) is 24.3 Å². The molecular formula is C11H13INO3-. The van der Waals surface area contributed by atoms with Crippen LogP contribution >= 0.6 is 0 Å². The van der Waals surface area contributed by atoms with E-state index in [0.29, 0.717) is 5.56 Å². The number of ether oxygens (including phenoxy) is 1. The van der Waals surface area contributed by atoms with Gasteiger partial charge in [-0.3, -0.25) is 0 Å². The molecule has 1 aromatic rings. The molecular weight excluding hydrogens is 321 g/mol. The van der Waals surface area contributed by atoms with Crippen LogP contribution in [-0.4, -0.2) is 29.8 Å². The monoisotopic (exact) mass is 334 g/mol. The quantitative estimate of drug-likeness (QED) is 0.163. The summed E-state index contributed by atoms with van der Waals surface area (Å²) >= 11 is -0.370. The summed E-state index contributed by atoms with van der Waals surface area (Å²) in [5, 5.41) is 0. The fraction of sp³-hybridized carbons (Fsp3) is 0.273. The van der Waals surface area contributed by atoms with Crippen molar-refractivity contribution in [3.8, 4) is 0 Å². The van der Waals surface area contributed by atoms with Gasteiger partial charge in [0.2, 0.25) is 0 Å². The summed E-state index contributed by atoms with van der Waals surface area (Å²) in [5.41, 5.74) is 0.517. The van der Waals surface area contributed by atoms with Crippen LogP contribution in [0.3, 0.4) is 0 Å². The van der Waals surface area contributed by atoms with Gasteiger partial charge >= 0.3 is 105 Å². The maximum atomic E-state index is 12.0. The Bertz CT molecular complexity index is 367. The van der Waals surface area contributed by atoms with Crippen molar-refractivity contribution in [3.05, 3.63) is 35.9 Å². The van der Waals surface area contributed by atoms with Crippen LogP contribution in [0.15, 0.2) is 30.3 Å². The van der Waals surface area contributed by atoms with Gasteiger partial charge in [-0.1, -0.05) is 0 Å². The van der Waals surface area contributed by atoms with Gasteiger partial charge in [0.05, 0.1) is 0 Å². The molecule has 4 nitrogen and oxygen atoms in total. The van der Waals surface area contributed by atoms with Crippen molar-refractivity contribution in [3.63, 3.8) is 0 Å².